The van der Waals surface area contributed by atoms with Gasteiger partial charge in [0.2, 0.25) is 0 Å². The van der Waals surface area contributed by atoms with E-state index in [-0.39, 0.29) is 6.09 Å². The van der Waals surface area contributed by atoms with Crippen molar-refractivity contribution in [3.05, 3.63) is 0 Å². The number of amides is 1. The van der Waals surface area contributed by atoms with Crippen LogP contribution in [-0.4, -0.2) is 54.7 Å². The van der Waals surface area contributed by atoms with Crippen LogP contribution in [0, 0.1) is 5.92 Å². The summed E-state index contributed by atoms with van der Waals surface area (Å²) >= 11 is 0. The van der Waals surface area contributed by atoms with Crippen molar-refractivity contribution in [2.75, 3.05) is 27.2 Å². The van der Waals surface area contributed by atoms with Crippen LogP contribution in [0.3, 0.4) is 0 Å². The third-order valence-corrected chi connectivity index (χ3v) is 3.61. The Kier molecular flexibility index (Phi) is 5.02. The average Bonchev–Trinajstić information content (AvgIpc) is 2.25. The molecule has 1 heterocycles. The standard InChI is InChI=1S/C14H28N2O2/c1-11(15(5)6)12-8-7-9-16(10-12)13(17)18-14(2,3)4/h11-12H,7-10H2,1-6H3/t11-,12-/m1/s1. The second-order valence-corrected chi connectivity index (χ2v) is 6.53. The smallest absolute Gasteiger partial charge is 0.410 e. The van der Waals surface area contributed by atoms with Crippen LogP contribution in [0.25, 0.3) is 0 Å². The predicted molar refractivity (Wildman–Crippen MR) is 73.7 cm³/mol. The van der Waals surface area contributed by atoms with Crippen molar-refractivity contribution in [2.45, 2.75) is 52.2 Å². The minimum atomic E-state index is -0.406. The molecule has 18 heavy (non-hydrogen) atoms. The lowest BCUT2D eigenvalue weighted by Gasteiger charge is -2.38. The molecule has 0 radical (unpaired) electrons. The van der Waals surface area contributed by atoms with Crippen molar-refractivity contribution in [2.24, 2.45) is 5.92 Å². The number of ether oxygens (including phenoxy) is 1. The summed E-state index contributed by atoms with van der Waals surface area (Å²) in [6.45, 7) is 9.60. The molecule has 1 aliphatic heterocycles. The highest BCUT2D eigenvalue weighted by atomic mass is 16.6. The molecule has 0 spiro atoms. The molecule has 0 saturated carbocycles. The van der Waals surface area contributed by atoms with Crippen molar-refractivity contribution < 1.29 is 9.53 Å². The Morgan fingerprint density at radius 3 is 2.50 bits per heavy atom. The molecule has 0 N–H and O–H groups in total. The minimum absolute atomic E-state index is 0.168. The molecule has 0 aromatic heterocycles. The van der Waals surface area contributed by atoms with Crippen LogP contribution in [0.5, 0.6) is 0 Å². The fraction of sp³-hybridized carbons (Fsp3) is 0.929. The Bertz CT molecular complexity index is 284. The maximum absolute atomic E-state index is 12.0. The lowest BCUT2D eigenvalue weighted by atomic mass is 9.91. The van der Waals surface area contributed by atoms with Gasteiger partial charge >= 0.3 is 6.09 Å². The van der Waals surface area contributed by atoms with E-state index in [1.807, 2.05) is 25.7 Å². The van der Waals surface area contributed by atoms with Gasteiger partial charge in [-0.05, 0) is 60.5 Å². The second-order valence-electron chi connectivity index (χ2n) is 6.53. The van der Waals surface area contributed by atoms with Crippen molar-refractivity contribution in [3.63, 3.8) is 0 Å². The van der Waals surface area contributed by atoms with Gasteiger partial charge in [-0.15, -0.1) is 0 Å². The summed E-state index contributed by atoms with van der Waals surface area (Å²) in [6.07, 6.45) is 2.10. The van der Waals surface area contributed by atoms with Gasteiger partial charge in [0, 0.05) is 19.1 Å². The van der Waals surface area contributed by atoms with Crippen molar-refractivity contribution >= 4 is 6.09 Å². The van der Waals surface area contributed by atoms with Crippen LogP contribution >= 0.6 is 0 Å². The highest BCUT2D eigenvalue weighted by Gasteiger charge is 2.30. The molecule has 0 aromatic carbocycles. The van der Waals surface area contributed by atoms with E-state index in [0.717, 1.165) is 19.5 Å². The van der Waals surface area contributed by atoms with Crippen LogP contribution in [0.15, 0.2) is 0 Å². The number of likely N-dealkylation sites (tertiary alicyclic amines) is 1. The maximum atomic E-state index is 12.0. The minimum Gasteiger partial charge on any atom is -0.444 e. The van der Waals surface area contributed by atoms with Crippen LogP contribution < -0.4 is 0 Å². The van der Waals surface area contributed by atoms with Gasteiger partial charge in [-0.3, -0.25) is 0 Å². The van der Waals surface area contributed by atoms with E-state index < -0.39 is 5.60 Å². The number of piperidine rings is 1. The van der Waals surface area contributed by atoms with E-state index in [4.69, 9.17) is 4.74 Å². The second kappa shape index (κ2) is 5.91. The van der Waals surface area contributed by atoms with Gasteiger partial charge in [-0.1, -0.05) is 0 Å². The molecule has 4 heteroatoms. The first-order valence-corrected chi connectivity index (χ1v) is 6.85. The first-order chi connectivity index (χ1) is 8.20. The van der Waals surface area contributed by atoms with Gasteiger partial charge in [-0.2, -0.15) is 0 Å². The van der Waals surface area contributed by atoms with Crippen LogP contribution in [0.1, 0.15) is 40.5 Å². The Labute approximate surface area is 111 Å². The number of carbonyl (C=O) groups excluding carboxylic acids is 1. The molecule has 4 nitrogen and oxygen atoms in total. The van der Waals surface area contributed by atoms with E-state index in [9.17, 15) is 4.79 Å². The van der Waals surface area contributed by atoms with Crippen molar-refractivity contribution in [1.29, 1.82) is 0 Å². The molecular formula is C14H28N2O2. The summed E-state index contributed by atoms with van der Waals surface area (Å²) in [5.41, 5.74) is -0.406. The molecule has 1 rings (SSSR count). The molecule has 0 unspecified atom stereocenters. The topological polar surface area (TPSA) is 32.8 Å². The molecule has 1 aliphatic rings. The zero-order chi connectivity index (χ0) is 13.9. The molecule has 1 amide bonds. The number of hydrogen-bond donors (Lipinski definition) is 0. The molecule has 0 bridgehead atoms. The monoisotopic (exact) mass is 256 g/mol. The number of carbonyl (C=O) groups is 1. The van der Waals surface area contributed by atoms with Gasteiger partial charge < -0.3 is 14.5 Å². The zero-order valence-corrected chi connectivity index (χ0v) is 12.7. The summed E-state index contributed by atoms with van der Waals surface area (Å²) in [5.74, 6) is 0.543. The summed E-state index contributed by atoms with van der Waals surface area (Å²) < 4.78 is 5.44. The molecular weight excluding hydrogens is 228 g/mol. The van der Waals surface area contributed by atoms with E-state index in [1.165, 1.54) is 6.42 Å². The average molecular weight is 256 g/mol. The van der Waals surface area contributed by atoms with Crippen molar-refractivity contribution in [1.82, 2.24) is 9.80 Å². The van der Waals surface area contributed by atoms with Gasteiger partial charge in [0.05, 0.1) is 0 Å². The number of nitrogens with zero attached hydrogens (tertiary/aromatic N) is 2. The van der Waals surface area contributed by atoms with Gasteiger partial charge in [0.15, 0.2) is 0 Å². The SMILES string of the molecule is C[C@H]([C@@H]1CCCN(C(=O)OC(C)(C)C)C1)N(C)C. The molecule has 2 atom stereocenters. The van der Waals surface area contributed by atoms with Crippen LogP contribution in [0.4, 0.5) is 4.79 Å². The normalized spacial score (nSPS) is 23.1. The third kappa shape index (κ3) is 4.48. The molecule has 1 saturated heterocycles. The fourth-order valence-corrected chi connectivity index (χ4v) is 2.32. The molecule has 106 valence electrons. The zero-order valence-electron chi connectivity index (χ0n) is 12.7. The van der Waals surface area contributed by atoms with Gasteiger partial charge in [0.25, 0.3) is 0 Å². The summed E-state index contributed by atoms with van der Waals surface area (Å²) in [7, 11) is 4.19. The summed E-state index contributed by atoms with van der Waals surface area (Å²) in [4.78, 5) is 16.1. The lowest BCUT2D eigenvalue weighted by Crippen LogP contribution is -2.47. The highest BCUT2D eigenvalue weighted by molar-refractivity contribution is 5.68. The Morgan fingerprint density at radius 2 is 2.00 bits per heavy atom. The number of rotatable bonds is 2. The lowest BCUT2D eigenvalue weighted by molar-refractivity contribution is 0.0119. The van der Waals surface area contributed by atoms with Gasteiger partial charge in [-0.25, -0.2) is 4.79 Å². The van der Waals surface area contributed by atoms with Crippen LogP contribution in [0.2, 0.25) is 0 Å². The quantitative estimate of drug-likeness (QED) is 0.761. The van der Waals surface area contributed by atoms with Crippen LogP contribution in [-0.2, 0) is 4.74 Å². The van der Waals surface area contributed by atoms with E-state index in [0.29, 0.717) is 12.0 Å². The molecule has 1 fully saturated rings. The first kappa shape index (κ1) is 15.3. The third-order valence-electron chi connectivity index (χ3n) is 3.61. The maximum Gasteiger partial charge on any atom is 0.410 e. The summed E-state index contributed by atoms with van der Waals surface area (Å²) in [6, 6.07) is 0.496. The number of hydrogen-bond acceptors (Lipinski definition) is 3. The van der Waals surface area contributed by atoms with Gasteiger partial charge in [0.1, 0.15) is 5.60 Å². The molecule has 0 aliphatic carbocycles. The summed E-state index contributed by atoms with van der Waals surface area (Å²) in [5, 5.41) is 0. The molecule has 0 aromatic rings. The Balaban J connectivity index is 2.56. The fourth-order valence-electron chi connectivity index (χ4n) is 2.32. The Morgan fingerprint density at radius 1 is 1.39 bits per heavy atom. The van der Waals surface area contributed by atoms with E-state index in [1.54, 1.807) is 0 Å². The van der Waals surface area contributed by atoms with E-state index in [2.05, 4.69) is 25.9 Å². The first-order valence-electron chi connectivity index (χ1n) is 6.85. The predicted octanol–water partition coefficient (Wildman–Crippen LogP) is 2.58. The van der Waals surface area contributed by atoms with Crippen molar-refractivity contribution in [3.8, 4) is 0 Å². The highest BCUT2D eigenvalue weighted by Crippen LogP contribution is 2.23. The largest absolute Gasteiger partial charge is 0.444 e. The Hall–Kier alpha value is -0.770. The van der Waals surface area contributed by atoms with E-state index >= 15 is 0 Å².